The second kappa shape index (κ2) is 4.39. The largest absolute Gasteiger partial charge is 0.490 e. The number of para-hydroxylation sites is 1. The van der Waals surface area contributed by atoms with Crippen LogP contribution < -0.4 is 10.5 Å². The monoisotopic (exact) mass is 216 g/mol. The third-order valence-corrected chi connectivity index (χ3v) is 2.67. The number of nitrogen functional groups attached to an aromatic ring is 1. The molecular weight excluding hydrogens is 200 g/mol. The quantitative estimate of drug-likeness (QED) is 0.802. The van der Waals surface area contributed by atoms with Crippen molar-refractivity contribution in [3.05, 3.63) is 30.5 Å². The number of benzene rings is 1. The molecule has 0 aliphatic rings. The minimum atomic E-state index is 0.201. The maximum atomic E-state index is 5.87. The lowest BCUT2D eigenvalue weighted by Gasteiger charge is -2.14. The first-order valence-corrected chi connectivity index (χ1v) is 5.52. The maximum absolute atomic E-state index is 5.87. The number of hydrogen-bond acceptors (Lipinski definition) is 3. The van der Waals surface area contributed by atoms with Crippen molar-refractivity contribution in [2.24, 2.45) is 0 Å². The Morgan fingerprint density at radius 2 is 2.19 bits per heavy atom. The molecule has 0 aliphatic heterocycles. The molecular formula is C13H16N2O. The van der Waals surface area contributed by atoms with Gasteiger partial charge in [0.15, 0.2) is 0 Å². The van der Waals surface area contributed by atoms with Crippen LogP contribution in [0.25, 0.3) is 10.9 Å². The molecule has 1 aromatic carbocycles. The van der Waals surface area contributed by atoms with Crippen LogP contribution in [0.15, 0.2) is 30.5 Å². The number of aromatic nitrogens is 1. The third kappa shape index (κ3) is 1.94. The Hall–Kier alpha value is -1.77. The molecule has 0 saturated carbocycles. The van der Waals surface area contributed by atoms with E-state index >= 15 is 0 Å². The van der Waals surface area contributed by atoms with E-state index in [2.05, 4.69) is 18.8 Å². The van der Waals surface area contributed by atoms with Crippen LogP contribution in [0.1, 0.15) is 20.3 Å². The first-order chi connectivity index (χ1) is 7.72. The molecule has 1 atom stereocenters. The SMILES string of the molecule is CCC(C)Oc1ccnc2c(N)cccc12. The molecule has 16 heavy (non-hydrogen) atoms. The molecule has 0 aliphatic carbocycles. The van der Waals surface area contributed by atoms with E-state index in [0.717, 1.165) is 23.1 Å². The van der Waals surface area contributed by atoms with Crippen molar-refractivity contribution in [3.63, 3.8) is 0 Å². The van der Waals surface area contributed by atoms with Crippen LogP contribution in [0.4, 0.5) is 5.69 Å². The van der Waals surface area contributed by atoms with Crippen LogP contribution in [0.2, 0.25) is 0 Å². The zero-order valence-electron chi connectivity index (χ0n) is 9.60. The van der Waals surface area contributed by atoms with Gasteiger partial charge in [0, 0.05) is 11.6 Å². The predicted octanol–water partition coefficient (Wildman–Crippen LogP) is 2.99. The number of fused-ring (bicyclic) bond motifs is 1. The van der Waals surface area contributed by atoms with Gasteiger partial charge in [-0.25, -0.2) is 0 Å². The fourth-order valence-corrected chi connectivity index (χ4v) is 1.58. The van der Waals surface area contributed by atoms with E-state index in [1.807, 2.05) is 24.3 Å². The highest BCUT2D eigenvalue weighted by molar-refractivity contribution is 5.93. The highest BCUT2D eigenvalue weighted by atomic mass is 16.5. The summed E-state index contributed by atoms with van der Waals surface area (Å²) in [7, 11) is 0. The average Bonchev–Trinajstić information content (AvgIpc) is 2.30. The molecule has 3 heteroatoms. The van der Waals surface area contributed by atoms with Gasteiger partial charge < -0.3 is 10.5 Å². The third-order valence-electron chi connectivity index (χ3n) is 2.67. The van der Waals surface area contributed by atoms with Crippen molar-refractivity contribution in [2.45, 2.75) is 26.4 Å². The van der Waals surface area contributed by atoms with Crippen LogP contribution in [-0.2, 0) is 0 Å². The Morgan fingerprint density at radius 3 is 2.94 bits per heavy atom. The Morgan fingerprint density at radius 1 is 1.38 bits per heavy atom. The van der Waals surface area contributed by atoms with E-state index < -0.39 is 0 Å². The Labute approximate surface area is 95.2 Å². The molecule has 2 rings (SSSR count). The van der Waals surface area contributed by atoms with Gasteiger partial charge in [0.1, 0.15) is 5.75 Å². The molecule has 0 bridgehead atoms. The van der Waals surface area contributed by atoms with Crippen molar-refractivity contribution >= 4 is 16.6 Å². The number of ether oxygens (including phenoxy) is 1. The average molecular weight is 216 g/mol. The van der Waals surface area contributed by atoms with Crippen molar-refractivity contribution in [3.8, 4) is 5.75 Å². The van der Waals surface area contributed by atoms with Crippen molar-refractivity contribution in [2.75, 3.05) is 5.73 Å². The molecule has 84 valence electrons. The zero-order chi connectivity index (χ0) is 11.5. The van der Waals surface area contributed by atoms with E-state index in [4.69, 9.17) is 10.5 Å². The van der Waals surface area contributed by atoms with Gasteiger partial charge in [-0.2, -0.15) is 0 Å². The van der Waals surface area contributed by atoms with E-state index in [1.165, 1.54) is 0 Å². The molecule has 0 fully saturated rings. The van der Waals surface area contributed by atoms with Crippen molar-refractivity contribution in [1.29, 1.82) is 0 Å². The summed E-state index contributed by atoms with van der Waals surface area (Å²) in [5, 5.41) is 0.975. The molecule has 0 spiro atoms. The number of anilines is 1. The predicted molar refractivity (Wildman–Crippen MR) is 66.5 cm³/mol. The van der Waals surface area contributed by atoms with Gasteiger partial charge in [0.2, 0.25) is 0 Å². The molecule has 1 aromatic heterocycles. The van der Waals surface area contributed by atoms with Crippen molar-refractivity contribution < 1.29 is 4.74 Å². The Balaban J connectivity index is 2.50. The van der Waals surface area contributed by atoms with Gasteiger partial charge in [-0.3, -0.25) is 4.98 Å². The van der Waals surface area contributed by atoms with Gasteiger partial charge in [-0.1, -0.05) is 13.0 Å². The summed E-state index contributed by atoms with van der Waals surface area (Å²) in [5.41, 5.74) is 7.37. The van der Waals surface area contributed by atoms with Crippen LogP contribution in [0.5, 0.6) is 5.75 Å². The molecule has 1 unspecified atom stereocenters. The fourth-order valence-electron chi connectivity index (χ4n) is 1.58. The lowest BCUT2D eigenvalue weighted by atomic mass is 10.2. The number of nitrogens with zero attached hydrogens (tertiary/aromatic N) is 1. The minimum Gasteiger partial charge on any atom is -0.490 e. The van der Waals surface area contributed by atoms with Crippen LogP contribution >= 0.6 is 0 Å². The van der Waals surface area contributed by atoms with E-state index in [-0.39, 0.29) is 6.10 Å². The van der Waals surface area contributed by atoms with Gasteiger partial charge in [-0.15, -0.1) is 0 Å². The van der Waals surface area contributed by atoms with E-state index in [0.29, 0.717) is 5.69 Å². The summed E-state index contributed by atoms with van der Waals surface area (Å²) in [4.78, 5) is 4.27. The topological polar surface area (TPSA) is 48.1 Å². The van der Waals surface area contributed by atoms with Crippen molar-refractivity contribution in [1.82, 2.24) is 4.98 Å². The summed E-state index contributed by atoms with van der Waals surface area (Å²) in [6.45, 7) is 4.15. The summed E-state index contributed by atoms with van der Waals surface area (Å²) in [6.07, 6.45) is 2.91. The van der Waals surface area contributed by atoms with Crippen LogP contribution in [-0.4, -0.2) is 11.1 Å². The molecule has 1 heterocycles. The van der Waals surface area contributed by atoms with E-state index in [9.17, 15) is 0 Å². The molecule has 0 amide bonds. The first-order valence-electron chi connectivity index (χ1n) is 5.52. The molecule has 2 aromatic rings. The van der Waals surface area contributed by atoms with Gasteiger partial charge in [0.25, 0.3) is 0 Å². The summed E-state index contributed by atoms with van der Waals surface area (Å²) in [5.74, 6) is 0.853. The highest BCUT2D eigenvalue weighted by Gasteiger charge is 2.07. The molecule has 0 radical (unpaired) electrons. The smallest absolute Gasteiger partial charge is 0.130 e. The second-order valence-electron chi connectivity index (χ2n) is 3.89. The summed E-state index contributed by atoms with van der Waals surface area (Å²) < 4.78 is 5.84. The van der Waals surface area contributed by atoms with Crippen LogP contribution in [0, 0.1) is 0 Å². The molecule has 0 saturated heterocycles. The number of rotatable bonds is 3. The minimum absolute atomic E-state index is 0.201. The van der Waals surface area contributed by atoms with Gasteiger partial charge in [-0.05, 0) is 31.5 Å². The lowest BCUT2D eigenvalue weighted by molar-refractivity contribution is 0.220. The van der Waals surface area contributed by atoms with Gasteiger partial charge >= 0.3 is 0 Å². The van der Waals surface area contributed by atoms with Gasteiger partial charge in [0.05, 0.1) is 17.3 Å². The maximum Gasteiger partial charge on any atom is 0.130 e. The first kappa shape index (κ1) is 10.7. The fraction of sp³-hybridized carbons (Fsp3) is 0.308. The molecule has 2 N–H and O–H groups in total. The van der Waals surface area contributed by atoms with Crippen LogP contribution in [0.3, 0.4) is 0 Å². The normalized spacial score (nSPS) is 12.6. The standard InChI is InChI=1S/C13H16N2O/c1-3-9(2)16-12-7-8-15-13-10(12)5-4-6-11(13)14/h4-9H,3,14H2,1-2H3. The Bertz CT molecular complexity index is 496. The number of pyridine rings is 1. The summed E-state index contributed by atoms with van der Waals surface area (Å²) in [6, 6.07) is 7.63. The zero-order valence-corrected chi connectivity index (χ0v) is 9.60. The highest BCUT2D eigenvalue weighted by Crippen LogP contribution is 2.28. The lowest BCUT2D eigenvalue weighted by Crippen LogP contribution is -2.10. The van der Waals surface area contributed by atoms with E-state index in [1.54, 1.807) is 6.20 Å². The second-order valence-corrected chi connectivity index (χ2v) is 3.89. The summed E-state index contributed by atoms with van der Waals surface area (Å²) >= 11 is 0. The Kier molecular flexibility index (Phi) is 2.95. The number of hydrogen-bond donors (Lipinski definition) is 1. The molecule has 3 nitrogen and oxygen atoms in total. The number of nitrogens with two attached hydrogens (primary N) is 1.